The molecule has 2 amide bonds. The van der Waals surface area contributed by atoms with Crippen LogP contribution in [0.2, 0.25) is 0 Å². The lowest BCUT2D eigenvalue weighted by Gasteiger charge is -2.16. The third-order valence-corrected chi connectivity index (χ3v) is 3.60. The SMILES string of the molecule is COC(=O)[C@H](CCC(=O)NO)NC(=O)CCCc1ccc(C)cc1. The maximum absolute atomic E-state index is 12.0. The van der Waals surface area contributed by atoms with Gasteiger partial charge in [-0.25, -0.2) is 10.3 Å². The highest BCUT2D eigenvalue weighted by atomic mass is 16.5. The van der Waals surface area contributed by atoms with Crippen LogP contribution in [0.1, 0.15) is 36.8 Å². The number of amides is 2. The molecule has 0 aliphatic heterocycles. The second-order valence-electron chi connectivity index (χ2n) is 5.56. The second-order valence-corrected chi connectivity index (χ2v) is 5.56. The first-order chi connectivity index (χ1) is 11.5. The number of hydrogen-bond donors (Lipinski definition) is 3. The van der Waals surface area contributed by atoms with Gasteiger partial charge in [0.1, 0.15) is 6.04 Å². The lowest BCUT2D eigenvalue weighted by molar-refractivity contribution is -0.145. The van der Waals surface area contributed by atoms with Gasteiger partial charge >= 0.3 is 5.97 Å². The number of carbonyl (C=O) groups excluding carboxylic acids is 3. The molecule has 1 atom stereocenters. The highest BCUT2D eigenvalue weighted by molar-refractivity contribution is 5.85. The van der Waals surface area contributed by atoms with Crippen LogP contribution in [0, 0.1) is 6.92 Å². The Morgan fingerprint density at radius 3 is 2.38 bits per heavy atom. The molecule has 7 nitrogen and oxygen atoms in total. The number of methoxy groups -OCH3 is 1. The number of benzene rings is 1. The number of esters is 1. The van der Waals surface area contributed by atoms with Crippen molar-refractivity contribution in [2.75, 3.05) is 7.11 Å². The molecule has 24 heavy (non-hydrogen) atoms. The van der Waals surface area contributed by atoms with Crippen LogP contribution < -0.4 is 10.8 Å². The molecule has 0 saturated heterocycles. The van der Waals surface area contributed by atoms with Gasteiger partial charge in [-0.2, -0.15) is 0 Å². The van der Waals surface area contributed by atoms with Crippen molar-refractivity contribution in [3.8, 4) is 0 Å². The molecule has 0 radical (unpaired) electrons. The van der Waals surface area contributed by atoms with Crippen LogP contribution in [0.4, 0.5) is 0 Å². The van der Waals surface area contributed by atoms with E-state index in [0.717, 1.165) is 12.0 Å². The molecule has 3 N–H and O–H groups in total. The van der Waals surface area contributed by atoms with E-state index in [9.17, 15) is 14.4 Å². The quantitative estimate of drug-likeness (QED) is 0.358. The lowest BCUT2D eigenvalue weighted by atomic mass is 10.1. The van der Waals surface area contributed by atoms with E-state index >= 15 is 0 Å². The molecular formula is C17H24N2O5. The van der Waals surface area contributed by atoms with Crippen LogP contribution in [-0.2, 0) is 25.5 Å². The molecule has 1 aromatic rings. The Bertz CT molecular complexity index is 557. The first-order valence-corrected chi connectivity index (χ1v) is 7.82. The van der Waals surface area contributed by atoms with Gasteiger partial charge in [0.25, 0.3) is 0 Å². The number of rotatable bonds is 9. The summed E-state index contributed by atoms with van der Waals surface area (Å²) in [7, 11) is 1.21. The van der Waals surface area contributed by atoms with Gasteiger partial charge < -0.3 is 10.1 Å². The molecule has 7 heteroatoms. The molecule has 0 spiro atoms. The van der Waals surface area contributed by atoms with Gasteiger partial charge in [-0.15, -0.1) is 0 Å². The third kappa shape index (κ3) is 7.23. The predicted molar refractivity (Wildman–Crippen MR) is 87.2 cm³/mol. The monoisotopic (exact) mass is 336 g/mol. The molecule has 0 saturated carbocycles. The van der Waals surface area contributed by atoms with Gasteiger partial charge in [0.05, 0.1) is 7.11 Å². The molecular weight excluding hydrogens is 312 g/mol. The minimum atomic E-state index is -0.904. The smallest absolute Gasteiger partial charge is 0.328 e. The van der Waals surface area contributed by atoms with Crippen molar-refractivity contribution in [3.05, 3.63) is 35.4 Å². The Labute approximate surface area is 141 Å². The summed E-state index contributed by atoms with van der Waals surface area (Å²) in [6.07, 6.45) is 1.65. The highest BCUT2D eigenvalue weighted by Gasteiger charge is 2.22. The van der Waals surface area contributed by atoms with Crippen LogP contribution in [0.25, 0.3) is 0 Å². The fourth-order valence-electron chi connectivity index (χ4n) is 2.20. The molecule has 0 fully saturated rings. The molecule has 0 unspecified atom stereocenters. The lowest BCUT2D eigenvalue weighted by Crippen LogP contribution is -2.42. The number of carbonyl (C=O) groups is 3. The summed E-state index contributed by atoms with van der Waals surface area (Å²) in [4.78, 5) is 34.6. The molecule has 1 rings (SSSR count). The second kappa shape index (κ2) is 10.4. The van der Waals surface area contributed by atoms with Crippen LogP contribution in [0.3, 0.4) is 0 Å². The highest BCUT2D eigenvalue weighted by Crippen LogP contribution is 2.08. The first kappa shape index (κ1) is 19.6. The molecule has 0 aliphatic carbocycles. The van der Waals surface area contributed by atoms with Crippen molar-refractivity contribution in [2.45, 2.75) is 45.1 Å². The van der Waals surface area contributed by atoms with Gasteiger partial charge in [0.15, 0.2) is 0 Å². The number of ether oxygens (including phenoxy) is 1. The van der Waals surface area contributed by atoms with Crippen molar-refractivity contribution >= 4 is 17.8 Å². The van der Waals surface area contributed by atoms with E-state index in [1.165, 1.54) is 18.2 Å². The van der Waals surface area contributed by atoms with E-state index in [1.807, 2.05) is 31.2 Å². The van der Waals surface area contributed by atoms with E-state index in [4.69, 9.17) is 5.21 Å². The van der Waals surface area contributed by atoms with Crippen molar-refractivity contribution in [3.63, 3.8) is 0 Å². The molecule has 0 aliphatic rings. The number of nitrogens with one attached hydrogen (secondary N) is 2. The summed E-state index contributed by atoms with van der Waals surface area (Å²) in [5.41, 5.74) is 3.82. The van der Waals surface area contributed by atoms with E-state index in [-0.39, 0.29) is 25.2 Å². The van der Waals surface area contributed by atoms with Crippen LogP contribution in [-0.4, -0.2) is 36.1 Å². The summed E-state index contributed by atoms with van der Waals surface area (Å²) >= 11 is 0. The first-order valence-electron chi connectivity index (χ1n) is 7.82. The normalized spacial score (nSPS) is 11.5. The number of hydroxylamine groups is 1. The molecule has 0 bridgehead atoms. The zero-order valence-electron chi connectivity index (χ0n) is 14.0. The Morgan fingerprint density at radius 2 is 1.79 bits per heavy atom. The molecule has 1 aromatic carbocycles. The Morgan fingerprint density at radius 1 is 1.12 bits per heavy atom. The Hall–Kier alpha value is -2.41. The zero-order chi connectivity index (χ0) is 17.9. The van der Waals surface area contributed by atoms with Gasteiger partial charge in [-0.05, 0) is 31.7 Å². The van der Waals surface area contributed by atoms with Crippen LogP contribution in [0.5, 0.6) is 0 Å². The summed E-state index contributed by atoms with van der Waals surface area (Å²) in [5, 5.41) is 11.0. The maximum atomic E-state index is 12.0. The van der Waals surface area contributed by atoms with Crippen molar-refractivity contribution in [1.29, 1.82) is 0 Å². The fourth-order valence-corrected chi connectivity index (χ4v) is 2.20. The Kier molecular flexibility index (Phi) is 8.49. The van der Waals surface area contributed by atoms with E-state index in [0.29, 0.717) is 6.42 Å². The van der Waals surface area contributed by atoms with E-state index in [1.54, 1.807) is 0 Å². The van der Waals surface area contributed by atoms with Crippen molar-refractivity contribution in [1.82, 2.24) is 10.8 Å². The third-order valence-electron chi connectivity index (χ3n) is 3.60. The van der Waals surface area contributed by atoms with Gasteiger partial charge in [0.2, 0.25) is 11.8 Å². The summed E-state index contributed by atoms with van der Waals surface area (Å²) < 4.78 is 4.62. The van der Waals surface area contributed by atoms with E-state index in [2.05, 4.69) is 10.1 Å². The van der Waals surface area contributed by atoms with Crippen molar-refractivity contribution < 1.29 is 24.3 Å². The summed E-state index contributed by atoms with van der Waals surface area (Å²) in [5.74, 6) is -1.52. The van der Waals surface area contributed by atoms with Gasteiger partial charge in [-0.1, -0.05) is 29.8 Å². The summed E-state index contributed by atoms with van der Waals surface area (Å²) in [6.45, 7) is 2.02. The van der Waals surface area contributed by atoms with Gasteiger partial charge in [0, 0.05) is 12.8 Å². The number of hydrogen-bond acceptors (Lipinski definition) is 5. The largest absolute Gasteiger partial charge is 0.467 e. The standard InChI is InChI=1S/C17H24N2O5/c1-12-6-8-13(9-7-12)4-3-5-15(20)18-14(17(22)24-2)10-11-16(21)19-23/h6-9,14,23H,3-5,10-11H2,1-2H3,(H,18,20)(H,19,21)/t14-/m0/s1. The molecule has 0 heterocycles. The minimum absolute atomic E-state index is 0.0583. The maximum Gasteiger partial charge on any atom is 0.328 e. The fraction of sp³-hybridized carbons (Fsp3) is 0.471. The topological polar surface area (TPSA) is 105 Å². The number of aryl methyl sites for hydroxylation is 2. The molecule has 132 valence electrons. The van der Waals surface area contributed by atoms with Crippen LogP contribution in [0.15, 0.2) is 24.3 Å². The Balaban J connectivity index is 2.41. The van der Waals surface area contributed by atoms with Gasteiger partial charge in [-0.3, -0.25) is 14.8 Å². The van der Waals surface area contributed by atoms with E-state index < -0.39 is 17.9 Å². The average Bonchev–Trinajstić information content (AvgIpc) is 2.59. The average molecular weight is 336 g/mol. The minimum Gasteiger partial charge on any atom is -0.467 e. The summed E-state index contributed by atoms with van der Waals surface area (Å²) in [6, 6.07) is 7.19. The molecule has 0 aromatic heterocycles. The zero-order valence-corrected chi connectivity index (χ0v) is 14.0. The van der Waals surface area contributed by atoms with Crippen LogP contribution >= 0.6 is 0 Å². The predicted octanol–water partition coefficient (Wildman–Crippen LogP) is 1.26. The van der Waals surface area contributed by atoms with Crippen molar-refractivity contribution in [2.24, 2.45) is 0 Å².